The summed E-state index contributed by atoms with van der Waals surface area (Å²) in [6.07, 6.45) is 4.22. The van der Waals surface area contributed by atoms with Crippen molar-refractivity contribution in [3.63, 3.8) is 0 Å². The zero-order chi connectivity index (χ0) is 36.9. The quantitative estimate of drug-likeness (QED) is 0.167. The number of amides is 2. The lowest BCUT2D eigenvalue weighted by molar-refractivity contribution is 0.0976. The van der Waals surface area contributed by atoms with Gasteiger partial charge < -0.3 is 29.2 Å². The van der Waals surface area contributed by atoms with Gasteiger partial charge in [-0.3, -0.25) is 19.5 Å². The second kappa shape index (κ2) is 13.6. The molecule has 1 N–H and O–H groups in total. The summed E-state index contributed by atoms with van der Waals surface area (Å²) in [4.78, 5) is 36.2. The Balaban J connectivity index is 0.932. The number of ether oxygens (including phenoxy) is 4. The Labute approximate surface area is 313 Å². The van der Waals surface area contributed by atoms with E-state index in [0.29, 0.717) is 46.4 Å². The molecule has 10 nitrogen and oxygen atoms in total. The molecule has 54 heavy (non-hydrogen) atoms. The molecule has 0 aromatic heterocycles. The Hall–Kier alpha value is -6.29. The van der Waals surface area contributed by atoms with Gasteiger partial charge >= 0.3 is 0 Å². The van der Waals surface area contributed by atoms with Crippen LogP contribution in [0.2, 0.25) is 0 Å². The number of fused-ring (bicyclic) bond motifs is 8. The number of hydrogen-bond acceptors (Lipinski definition) is 8. The standard InChI is InChI=1S/C44H40N4O6/c1-4-26-13-27(24-53-41-20-35-33(18-39(41)51-2)43(49)47-31(22-45-35)16-29-9-5-7-11-37(29)47)15-28(14-26)25-54-42-21-36-34(19-40(42)52-3)44(50)48-32(23-46-36)17-30-10-6-8-12-38(30)48/h5-15,18-22,31-32,46H,4,16-17,23-25H2,1-3H3/t31-,32-/m0/s1. The van der Waals surface area contributed by atoms with Crippen LogP contribution in [0.4, 0.5) is 22.7 Å². The number of aliphatic imine (C=N–C) groups is 1. The third-order valence-corrected chi connectivity index (χ3v) is 10.8. The summed E-state index contributed by atoms with van der Waals surface area (Å²) in [5.41, 5.74) is 9.58. The number of carbonyl (C=O) groups excluding carboxylic acids is 2. The van der Waals surface area contributed by atoms with E-state index in [1.165, 1.54) is 5.56 Å². The molecule has 0 spiro atoms. The van der Waals surface area contributed by atoms with Crippen LogP contribution in [-0.2, 0) is 32.5 Å². The fourth-order valence-electron chi connectivity index (χ4n) is 8.13. The highest BCUT2D eigenvalue weighted by Gasteiger charge is 2.38. The monoisotopic (exact) mass is 720 g/mol. The third kappa shape index (κ3) is 5.78. The second-order valence-corrected chi connectivity index (χ2v) is 14.1. The van der Waals surface area contributed by atoms with Gasteiger partial charge in [-0.05, 0) is 71.0 Å². The number of aryl methyl sites for hydroxylation is 1. The lowest BCUT2D eigenvalue weighted by atomic mass is 10.0. The topological polar surface area (TPSA) is 102 Å². The van der Waals surface area contributed by atoms with Gasteiger partial charge in [-0.25, -0.2) is 0 Å². The predicted octanol–water partition coefficient (Wildman–Crippen LogP) is 7.71. The summed E-state index contributed by atoms with van der Waals surface area (Å²) in [5, 5.41) is 3.51. The minimum absolute atomic E-state index is 0.0342. The van der Waals surface area contributed by atoms with Crippen LogP contribution in [0.3, 0.4) is 0 Å². The van der Waals surface area contributed by atoms with Crippen molar-refractivity contribution in [2.75, 3.05) is 35.9 Å². The number of nitrogens with zero attached hydrogens (tertiary/aromatic N) is 3. The molecule has 0 fully saturated rings. The highest BCUT2D eigenvalue weighted by molar-refractivity contribution is 6.15. The number of benzene rings is 5. The Kier molecular flexibility index (Phi) is 8.45. The molecule has 0 bridgehead atoms. The van der Waals surface area contributed by atoms with Crippen molar-refractivity contribution in [1.29, 1.82) is 0 Å². The average Bonchev–Trinajstić information content (AvgIpc) is 3.70. The Morgan fingerprint density at radius 2 is 1.28 bits per heavy atom. The molecule has 4 aliphatic heterocycles. The number of nitrogens with one attached hydrogen (secondary N) is 1. The van der Waals surface area contributed by atoms with E-state index < -0.39 is 0 Å². The van der Waals surface area contributed by atoms with Gasteiger partial charge in [0.05, 0.1) is 48.8 Å². The largest absolute Gasteiger partial charge is 0.493 e. The first-order valence-electron chi connectivity index (χ1n) is 18.3. The van der Waals surface area contributed by atoms with Gasteiger partial charge in [-0.1, -0.05) is 55.5 Å². The zero-order valence-corrected chi connectivity index (χ0v) is 30.4. The first-order valence-corrected chi connectivity index (χ1v) is 18.3. The molecule has 0 unspecified atom stereocenters. The molecular weight excluding hydrogens is 681 g/mol. The van der Waals surface area contributed by atoms with Gasteiger partial charge in [-0.15, -0.1) is 0 Å². The van der Waals surface area contributed by atoms with Gasteiger partial charge in [0.15, 0.2) is 23.0 Å². The molecule has 0 aliphatic carbocycles. The highest BCUT2D eigenvalue weighted by atomic mass is 16.5. The lowest BCUT2D eigenvalue weighted by Gasteiger charge is -2.22. The normalized spacial score (nSPS) is 17.6. The fourth-order valence-corrected chi connectivity index (χ4v) is 8.13. The predicted molar refractivity (Wildman–Crippen MR) is 209 cm³/mol. The van der Waals surface area contributed by atoms with Crippen molar-refractivity contribution in [3.05, 3.63) is 130 Å². The summed E-state index contributed by atoms with van der Waals surface area (Å²) in [5.74, 6) is 1.85. The number of methoxy groups -OCH3 is 2. The average molecular weight is 721 g/mol. The summed E-state index contributed by atoms with van der Waals surface area (Å²) in [7, 11) is 3.16. The van der Waals surface area contributed by atoms with Crippen LogP contribution < -0.4 is 34.1 Å². The molecule has 4 aliphatic rings. The van der Waals surface area contributed by atoms with Crippen LogP contribution in [-0.4, -0.2) is 50.9 Å². The zero-order valence-electron chi connectivity index (χ0n) is 30.4. The second-order valence-electron chi connectivity index (χ2n) is 14.1. The minimum atomic E-state index is -0.143. The molecule has 10 heteroatoms. The first-order chi connectivity index (χ1) is 26.4. The minimum Gasteiger partial charge on any atom is -0.493 e. The lowest BCUT2D eigenvalue weighted by Crippen LogP contribution is -2.39. The van der Waals surface area contributed by atoms with E-state index >= 15 is 0 Å². The Bertz CT molecular complexity index is 2350. The first kappa shape index (κ1) is 33.5. The molecule has 9 rings (SSSR count). The molecule has 5 aromatic rings. The van der Waals surface area contributed by atoms with Gasteiger partial charge in [-0.2, -0.15) is 0 Å². The van der Waals surface area contributed by atoms with Crippen LogP contribution in [0.15, 0.2) is 96.0 Å². The van der Waals surface area contributed by atoms with Crippen LogP contribution in [0.1, 0.15) is 55.5 Å². The SMILES string of the molecule is CCc1cc(COc2cc3c(cc2OC)C(=O)N2c4ccccc4C[C@H]2C=N3)cc(COc2cc3c(cc2OC)C(=O)N2c4ccccc4C[C@H]2CN3)c1. The van der Waals surface area contributed by atoms with Crippen LogP contribution in [0, 0.1) is 0 Å². The summed E-state index contributed by atoms with van der Waals surface area (Å²) >= 11 is 0. The van der Waals surface area contributed by atoms with Crippen molar-refractivity contribution in [2.24, 2.45) is 4.99 Å². The van der Waals surface area contributed by atoms with E-state index in [1.54, 1.807) is 32.4 Å². The number of carbonyl (C=O) groups is 2. The molecule has 5 aromatic carbocycles. The van der Waals surface area contributed by atoms with Crippen molar-refractivity contribution < 1.29 is 28.5 Å². The molecule has 2 atom stereocenters. The molecule has 4 heterocycles. The number of rotatable bonds is 9. The van der Waals surface area contributed by atoms with Crippen LogP contribution in [0.25, 0.3) is 0 Å². The van der Waals surface area contributed by atoms with E-state index in [0.717, 1.165) is 58.6 Å². The summed E-state index contributed by atoms with van der Waals surface area (Å²) in [6.45, 7) is 3.30. The smallest absolute Gasteiger partial charge is 0.261 e. The maximum atomic E-state index is 13.9. The molecule has 272 valence electrons. The number of hydrogen-bond donors (Lipinski definition) is 1. The Morgan fingerprint density at radius 1 is 0.685 bits per heavy atom. The van der Waals surface area contributed by atoms with Gasteiger partial charge in [0, 0.05) is 42.7 Å². The molecule has 2 amide bonds. The van der Waals surface area contributed by atoms with E-state index in [1.807, 2.05) is 58.5 Å². The maximum absolute atomic E-state index is 13.9. The highest BCUT2D eigenvalue weighted by Crippen LogP contribution is 2.43. The maximum Gasteiger partial charge on any atom is 0.261 e. The third-order valence-electron chi connectivity index (χ3n) is 10.8. The molecule has 0 radical (unpaired) electrons. The van der Waals surface area contributed by atoms with Crippen molar-refractivity contribution in [1.82, 2.24) is 0 Å². The summed E-state index contributed by atoms with van der Waals surface area (Å²) < 4.78 is 24.2. The van der Waals surface area contributed by atoms with Crippen LogP contribution in [0.5, 0.6) is 23.0 Å². The van der Waals surface area contributed by atoms with Gasteiger partial charge in [0.1, 0.15) is 13.2 Å². The van der Waals surface area contributed by atoms with Gasteiger partial charge in [0.25, 0.3) is 11.8 Å². The molecule has 0 saturated heterocycles. The van der Waals surface area contributed by atoms with Crippen LogP contribution >= 0.6 is 0 Å². The van der Waals surface area contributed by atoms with Gasteiger partial charge in [0.2, 0.25) is 0 Å². The molecule has 0 saturated carbocycles. The van der Waals surface area contributed by atoms with Crippen molar-refractivity contribution >= 4 is 40.8 Å². The fraction of sp³-hybridized carbons (Fsp3) is 0.250. The van der Waals surface area contributed by atoms with E-state index in [9.17, 15) is 9.59 Å². The van der Waals surface area contributed by atoms with E-state index in [2.05, 4.69) is 42.6 Å². The van der Waals surface area contributed by atoms with E-state index in [4.69, 9.17) is 23.9 Å². The van der Waals surface area contributed by atoms with Crippen molar-refractivity contribution in [3.8, 4) is 23.0 Å². The Morgan fingerprint density at radius 3 is 1.96 bits per heavy atom. The van der Waals surface area contributed by atoms with Crippen molar-refractivity contribution in [2.45, 2.75) is 51.5 Å². The summed E-state index contributed by atoms with van der Waals surface area (Å²) in [6, 6.07) is 29.4. The number of anilines is 3. The number of para-hydroxylation sites is 2. The molecular formula is C44H40N4O6. The van der Waals surface area contributed by atoms with E-state index in [-0.39, 0.29) is 37.1 Å².